The minimum Gasteiger partial charge on any atom is -0.484 e. The van der Waals surface area contributed by atoms with Crippen molar-refractivity contribution in [1.82, 2.24) is 20.5 Å². The predicted molar refractivity (Wildman–Crippen MR) is 196 cm³/mol. The van der Waals surface area contributed by atoms with Crippen LogP contribution in [0.2, 0.25) is 0 Å². The quantitative estimate of drug-likeness (QED) is 0.280. The van der Waals surface area contributed by atoms with Gasteiger partial charge in [-0.05, 0) is 72.1 Å². The Morgan fingerprint density at radius 1 is 1.11 bits per heavy atom. The predicted octanol–water partition coefficient (Wildman–Crippen LogP) is 5.81. The highest BCUT2D eigenvalue weighted by Crippen LogP contribution is 2.45. The summed E-state index contributed by atoms with van der Waals surface area (Å²) in [7, 11) is 0. The molecule has 16 heteroatoms. The molecule has 1 spiro atoms. The number of aryl methyl sites for hydroxylation is 1. The number of alkyl carbamates (subject to hydrolysis) is 1. The maximum absolute atomic E-state index is 14.7. The molecule has 3 amide bonds. The van der Waals surface area contributed by atoms with Crippen molar-refractivity contribution in [1.29, 1.82) is 0 Å². The van der Waals surface area contributed by atoms with E-state index in [1.165, 1.54) is 23.1 Å². The lowest BCUT2D eigenvalue weighted by molar-refractivity contribution is -0.154. The van der Waals surface area contributed by atoms with Crippen molar-refractivity contribution in [3.05, 3.63) is 53.8 Å². The van der Waals surface area contributed by atoms with Gasteiger partial charge in [0.25, 0.3) is 0 Å². The standard InChI is InChI=1S/C40H47F3N4O9/c1-6-53-35(51)39-17-16-24(39)12-10-8-7-9-11-13-28(45-36(52)56-37(3,4)5)34(50)47-21-38(19-29(47)33(49)46-39)20-30(48)31-26-18-25(54-22-40(41,42)43)14-15-27(26)44-23(2)32(31)55-38/h10,12,14-18,24,28-29H,6-9,11,13,19-22H2,1-5H3,(H,45,52)(H,46,49). The molecular weight excluding hydrogens is 737 g/mol. The average Bonchev–Trinajstić information content (AvgIpc) is 3.46. The van der Waals surface area contributed by atoms with E-state index in [2.05, 4.69) is 15.6 Å². The summed E-state index contributed by atoms with van der Waals surface area (Å²) >= 11 is 0. The van der Waals surface area contributed by atoms with Crippen LogP contribution in [-0.4, -0.2) is 94.3 Å². The van der Waals surface area contributed by atoms with Gasteiger partial charge in [-0.1, -0.05) is 37.1 Å². The third-order valence-electron chi connectivity index (χ3n) is 10.3. The molecule has 1 fully saturated rings. The van der Waals surface area contributed by atoms with Crippen LogP contribution in [0.4, 0.5) is 18.0 Å². The Morgan fingerprint density at radius 3 is 2.55 bits per heavy atom. The molecule has 2 N–H and O–H groups in total. The normalized spacial score (nSPS) is 26.8. The SMILES string of the molecule is CCOC(=O)C12C=CC1C=CCCCCCC(NC(=O)OC(C)(C)C)C(=O)N1CC3(CC(=O)c4c(c(C)nc5ccc(OCC(F)(F)F)cc45)O3)CC1C(=O)N2. The largest absolute Gasteiger partial charge is 0.484 e. The Kier molecular flexibility index (Phi) is 11.2. The Hall–Kier alpha value is -5.15. The van der Waals surface area contributed by atoms with Gasteiger partial charge in [0.2, 0.25) is 11.8 Å². The third kappa shape index (κ3) is 8.48. The van der Waals surface area contributed by atoms with Crippen LogP contribution in [-0.2, 0) is 23.9 Å². The van der Waals surface area contributed by atoms with Crippen LogP contribution in [0.3, 0.4) is 0 Å². The molecule has 3 aliphatic heterocycles. The number of benzene rings is 1. The second kappa shape index (κ2) is 15.4. The first-order valence-electron chi connectivity index (χ1n) is 18.8. The summed E-state index contributed by atoms with van der Waals surface area (Å²) in [6.45, 7) is 6.62. The third-order valence-corrected chi connectivity index (χ3v) is 10.3. The van der Waals surface area contributed by atoms with Crippen LogP contribution in [0, 0.1) is 12.8 Å². The van der Waals surface area contributed by atoms with Crippen molar-refractivity contribution >= 4 is 40.6 Å². The number of hydrogen-bond acceptors (Lipinski definition) is 10. The fraction of sp³-hybridized carbons (Fsp3) is 0.550. The van der Waals surface area contributed by atoms with Gasteiger partial charge in [-0.15, -0.1) is 0 Å². The van der Waals surface area contributed by atoms with E-state index < -0.39 is 77.2 Å². The Morgan fingerprint density at radius 2 is 1.88 bits per heavy atom. The lowest BCUT2D eigenvalue weighted by Crippen LogP contribution is -2.65. The molecule has 1 aromatic heterocycles. The maximum Gasteiger partial charge on any atom is 0.422 e. The molecule has 56 heavy (non-hydrogen) atoms. The van der Waals surface area contributed by atoms with Crippen molar-refractivity contribution in [2.24, 2.45) is 5.92 Å². The number of fused-ring (bicyclic) bond motifs is 5. The van der Waals surface area contributed by atoms with E-state index in [1.807, 2.05) is 12.2 Å². The first-order valence-corrected chi connectivity index (χ1v) is 18.8. The number of halogens is 3. The first-order chi connectivity index (χ1) is 26.3. The minimum atomic E-state index is -4.58. The summed E-state index contributed by atoms with van der Waals surface area (Å²) in [6, 6.07) is 1.71. The first kappa shape index (κ1) is 40.5. The van der Waals surface area contributed by atoms with Crippen molar-refractivity contribution in [2.75, 3.05) is 19.8 Å². The van der Waals surface area contributed by atoms with E-state index in [0.717, 1.165) is 12.8 Å². The monoisotopic (exact) mass is 784 g/mol. The second-order valence-electron chi connectivity index (χ2n) is 15.8. The van der Waals surface area contributed by atoms with Crippen LogP contribution in [0.25, 0.3) is 10.9 Å². The van der Waals surface area contributed by atoms with Gasteiger partial charge < -0.3 is 34.5 Å². The molecule has 5 unspecified atom stereocenters. The van der Waals surface area contributed by atoms with Gasteiger partial charge in [0.15, 0.2) is 23.7 Å². The summed E-state index contributed by atoms with van der Waals surface area (Å²) in [4.78, 5) is 75.8. The van der Waals surface area contributed by atoms with E-state index >= 15 is 0 Å². The number of nitrogens with zero attached hydrogens (tertiary/aromatic N) is 2. The number of alkyl halides is 3. The van der Waals surface area contributed by atoms with Crippen molar-refractivity contribution in [3.8, 4) is 11.5 Å². The molecule has 0 radical (unpaired) electrons. The molecule has 1 aliphatic carbocycles. The zero-order chi connectivity index (χ0) is 40.6. The van der Waals surface area contributed by atoms with Gasteiger partial charge in [0.05, 0.1) is 36.3 Å². The molecule has 5 atom stereocenters. The number of Topliss-reactive ketones (excluding diaryl/α,β-unsaturated/α-hetero) is 1. The van der Waals surface area contributed by atoms with Crippen LogP contribution in [0.1, 0.15) is 88.7 Å². The lowest BCUT2D eigenvalue weighted by Gasteiger charge is -2.41. The average molecular weight is 785 g/mol. The molecule has 6 rings (SSSR count). The number of carbonyl (C=O) groups is 5. The number of carbonyl (C=O) groups excluding carboxylic acids is 5. The van der Waals surface area contributed by atoms with Crippen LogP contribution in [0.5, 0.6) is 11.5 Å². The van der Waals surface area contributed by atoms with Crippen LogP contribution >= 0.6 is 0 Å². The number of nitrogens with one attached hydrogen (secondary N) is 2. The summed E-state index contributed by atoms with van der Waals surface area (Å²) < 4.78 is 61.3. The number of amides is 3. The number of ether oxygens (including phenoxy) is 4. The Balaban J connectivity index is 1.39. The number of pyridine rings is 1. The van der Waals surface area contributed by atoms with E-state index in [1.54, 1.807) is 46.8 Å². The molecule has 4 aliphatic rings. The van der Waals surface area contributed by atoms with Gasteiger partial charge in [-0.25, -0.2) is 14.6 Å². The van der Waals surface area contributed by atoms with Crippen LogP contribution in [0.15, 0.2) is 42.5 Å². The van der Waals surface area contributed by atoms with Gasteiger partial charge in [0.1, 0.15) is 29.0 Å². The van der Waals surface area contributed by atoms with E-state index in [4.69, 9.17) is 18.9 Å². The minimum absolute atomic E-state index is 0.0588. The number of hydrogen-bond donors (Lipinski definition) is 2. The van der Waals surface area contributed by atoms with Crippen molar-refractivity contribution in [3.63, 3.8) is 0 Å². The fourth-order valence-corrected chi connectivity index (χ4v) is 7.72. The highest BCUT2D eigenvalue weighted by molar-refractivity contribution is 6.11. The molecule has 0 saturated carbocycles. The zero-order valence-electron chi connectivity index (χ0n) is 32.0. The molecule has 13 nitrogen and oxygen atoms in total. The summed E-state index contributed by atoms with van der Waals surface area (Å²) in [6.07, 6.45) is 4.20. The maximum atomic E-state index is 14.7. The van der Waals surface area contributed by atoms with Crippen molar-refractivity contribution < 1.29 is 56.1 Å². The second-order valence-corrected chi connectivity index (χ2v) is 15.8. The smallest absolute Gasteiger partial charge is 0.422 e. The molecule has 302 valence electrons. The lowest BCUT2D eigenvalue weighted by atomic mass is 9.73. The number of aromatic nitrogens is 1. The van der Waals surface area contributed by atoms with Crippen LogP contribution < -0.4 is 20.1 Å². The van der Waals surface area contributed by atoms with E-state index in [9.17, 15) is 37.1 Å². The molecular formula is C40H47F3N4O9. The highest BCUT2D eigenvalue weighted by Gasteiger charge is 2.57. The zero-order valence-corrected chi connectivity index (χ0v) is 32.0. The number of rotatable bonds is 5. The fourth-order valence-electron chi connectivity index (χ4n) is 7.72. The summed E-state index contributed by atoms with van der Waals surface area (Å²) in [5.74, 6) is -2.99. The summed E-state index contributed by atoms with van der Waals surface area (Å²) in [5, 5.41) is 5.80. The topological polar surface area (TPSA) is 162 Å². The van der Waals surface area contributed by atoms with Gasteiger partial charge >= 0.3 is 18.2 Å². The molecule has 0 bridgehead atoms. The Bertz CT molecular complexity index is 1980. The number of allylic oxidation sites excluding steroid dienone is 1. The molecule has 1 aromatic carbocycles. The highest BCUT2D eigenvalue weighted by atomic mass is 19.4. The number of ketones is 1. The molecule has 4 heterocycles. The number of esters is 1. The Labute approximate surface area is 322 Å². The van der Waals surface area contributed by atoms with Crippen molar-refractivity contribution in [2.45, 2.75) is 115 Å². The van der Waals surface area contributed by atoms with E-state index in [-0.39, 0.29) is 54.9 Å². The van der Waals surface area contributed by atoms with Gasteiger partial charge in [-0.2, -0.15) is 13.2 Å². The molecule has 1 saturated heterocycles. The van der Waals surface area contributed by atoms with E-state index in [0.29, 0.717) is 24.1 Å². The van der Waals surface area contributed by atoms with Gasteiger partial charge in [0, 0.05) is 17.7 Å². The van der Waals surface area contributed by atoms with Gasteiger partial charge in [-0.3, -0.25) is 14.4 Å². The molecule has 2 aromatic rings. The summed E-state index contributed by atoms with van der Waals surface area (Å²) in [5.41, 5.74) is -3.14.